The number of hydrogen-bond donors (Lipinski definition) is 2. The molecule has 1 saturated carbocycles. The van der Waals surface area contributed by atoms with Crippen molar-refractivity contribution in [3.8, 4) is 0 Å². The van der Waals surface area contributed by atoms with Crippen molar-refractivity contribution in [2.24, 2.45) is 5.92 Å². The van der Waals surface area contributed by atoms with Gasteiger partial charge in [-0.3, -0.25) is 4.90 Å². The van der Waals surface area contributed by atoms with Crippen molar-refractivity contribution < 1.29 is 13.9 Å². The molecule has 2 rings (SSSR count). The van der Waals surface area contributed by atoms with Crippen molar-refractivity contribution in [2.45, 2.75) is 63.6 Å². The van der Waals surface area contributed by atoms with E-state index in [0.29, 0.717) is 12.0 Å². The SMILES string of the molecule is CCC(O)CC1CC(NCC(F)F)CN(C2CC2)C1. The number of rotatable bonds is 7. The molecule has 1 heterocycles. The van der Waals surface area contributed by atoms with Gasteiger partial charge in [0.25, 0.3) is 6.43 Å². The average Bonchev–Trinajstić information content (AvgIpc) is 3.20. The molecule has 2 aliphatic rings. The fraction of sp³-hybridized carbons (Fsp3) is 1.00. The summed E-state index contributed by atoms with van der Waals surface area (Å²) in [5, 5.41) is 12.8. The highest BCUT2D eigenvalue weighted by molar-refractivity contribution is 4.92. The summed E-state index contributed by atoms with van der Waals surface area (Å²) in [5.41, 5.74) is 0. The van der Waals surface area contributed by atoms with Crippen LogP contribution in [0.2, 0.25) is 0 Å². The van der Waals surface area contributed by atoms with Gasteiger partial charge in [0.2, 0.25) is 0 Å². The molecular formula is C14H26F2N2O. The highest BCUT2D eigenvalue weighted by Crippen LogP contribution is 2.32. The maximum Gasteiger partial charge on any atom is 0.250 e. The molecular weight excluding hydrogens is 250 g/mol. The number of nitrogens with zero attached hydrogens (tertiary/aromatic N) is 1. The zero-order valence-electron chi connectivity index (χ0n) is 11.7. The van der Waals surface area contributed by atoms with Crippen LogP contribution in [-0.2, 0) is 0 Å². The lowest BCUT2D eigenvalue weighted by atomic mass is 9.88. The van der Waals surface area contributed by atoms with Crippen LogP contribution in [0.5, 0.6) is 0 Å². The molecule has 0 spiro atoms. The summed E-state index contributed by atoms with van der Waals surface area (Å²) >= 11 is 0. The minimum Gasteiger partial charge on any atom is -0.393 e. The van der Waals surface area contributed by atoms with Crippen LogP contribution in [0, 0.1) is 5.92 Å². The summed E-state index contributed by atoms with van der Waals surface area (Å²) in [6.45, 7) is 3.68. The molecule has 3 nitrogen and oxygen atoms in total. The van der Waals surface area contributed by atoms with Crippen LogP contribution in [0.4, 0.5) is 8.78 Å². The fourth-order valence-electron chi connectivity index (χ4n) is 3.10. The third-order valence-corrected chi connectivity index (χ3v) is 4.27. The van der Waals surface area contributed by atoms with E-state index in [9.17, 15) is 13.9 Å². The Morgan fingerprint density at radius 1 is 1.32 bits per heavy atom. The van der Waals surface area contributed by atoms with E-state index < -0.39 is 6.43 Å². The molecule has 0 amide bonds. The van der Waals surface area contributed by atoms with Crippen LogP contribution in [0.15, 0.2) is 0 Å². The van der Waals surface area contributed by atoms with E-state index in [1.165, 1.54) is 12.8 Å². The van der Waals surface area contributed by atoms with Gasteiger partial charge < -0.3 is 10.4 Å². The molecule has 19 heavy (non-hydrogen) atoms. The van der Waals surface area contributed by atoms with Crippen LogP contribution in [0.25, 0.3) is 0 Å². The first-order chi connectivity index (χ1) is 9.08. The molecule has 1 aliphatic heterocycles. The number of nitrogens with one attached hydrogen (secondary N) is 1. The van der Waals surface area contributed by atoms with E-state index in [0.717, 1.165) is 32.4 Å². The second-order valence-electron chi connectivity index (χ2n) is 6.08. The van der Waals surface area contributed by atoms with Crippen molar-refractivity contribution in [1.82, 2.24) is 10.2 Å². The maximum atomic E-state index is 12.3. The summed E-state index contributed by atoms with van der Waals surface area (Å²) < 4.78 is 24.6. The van der Waals surface area contributed by atoms with E-state index in [1.807, 2.05) is 6.92 Å². The lowest BCUT2D eigenvalue weighted by molar-refractivity contribution is 0.0722. The number of hydrogen-bond acceptors (Lipinski definition) is 3. The summed E-state index contributed by atoms with van der Waals surface area (Å²) in [7, 11) is 0. The number of piperidine rings is 1. The second-order valence-corrected chi connectivity index (χ2v) is 6.08. The van der Waals surface area contributed by atoms with Gasteiger partial charge in [-0.15, -0.1) is 0 Å². The summed E-state index contributed by atoms with van der Waals surface area (Å²) in [6, 6.07) is 0.815. The number of likely N-dealkylation sites (tertiary alicyclic amines) is 1. The second kappa shape index (κ2) is 6.95. The molecule has 1 saturated heterocycles. The van der Waals surface area contributed by atoms with Crippen LogP contribution < -0.4 is 5.32 Å². The van der Waals surface area contributed by atoms with Crippen LogP contribution in [-0.4, -0.2) is 54.3 Å². The van der Waals surface area contributed by atoms with Crippen molar-refractivity contribution in [1.29, 1.82) is 0 Å². The van der Waals surface area contributed by atoms with Crippen molar-refractivity contribution >= 4 is 0 Å². The van der Waals surface area contributed by atoms with E-state index in [2.05, 4.69) is 10.2 Å². The lowest BCUT2D eigenvalue weighted by Crippen LogP contribution is -2.51. The first-order valence-electron chi connectivity index (χ1n) is 7.52. The monoisotopic (exact) mass is 276 g/mol. The minimum absolute atomic E-state index is 0.150. The van der Waals surface area contributed by atoms with Crippen LogP contribution >= 0.6 is 0 Å². The summed E-state index contributed by atoms with van der Waals surface area (Å²) in [4.78, 5) is 2.43. The molecule has 3 unspecified atom stereocenters. The highest BCUT2D eigenvalue weighted by Gasteiger charge is 2.36. The molecule has 1 aliphatic carbocycles. The quantitative estimate of drug-likeness (QED) is 0.745. The molecule has 2 N–H and O–H groups in total. The Morgan fingerprint density at radius 3 is 2.63 bits per heavy atom. The third kappa shape index (κ3) is 4.97. The summed E-state index contributed by atoms with van der Waals surface area (Å²) in [5.74, 6) is 0.430. The van der Waals surface area contributed by atoms with Crippen molar-refractivity contribution in [3.63, 3.8) is 0 Å². The first kappa shape index (κ1) is 15.1. The number of aliphatic hydroxyl groups is 1. The predicted molar refractivity (Wildman–Crippen MR) is 71.4 cm³/mol. The zero-order chi connectivity index (χ0) is 13.8. The smallest absolute Gasteiger partial charge is 0.250 e. The molecule has 5 heteroatoms. The molecule has 112 valence electrons. The molecule has 0 aromatic carbocycles. The Hall–Kier alpha value is -0.260. The molecule has 3 atom stereocenters. The number of halogens is 2. The van der Waals surface area contributed by atoms with Crippen molar-refractivity contribution in [2.75, 3.05) is 19.6 Å². The molecule has 0 aromatic heterocycles. The third-order valence-electron chi connectivity index (χ3n) is 4.27. The van der Waals surface area contributed by atoms with E-state index >= 15 is 0 Å². The predicted octanol–water partition coefficient (Wildman–Crippen LogP) is 1.85. The van der Waals surface area contributed by atoms with Gasteiger partial charge in [0.1, 0.15) is 0 Å². The standard InChI is InChI=1S/C14H26F2N2O/c1-2-13(19)6-10-5-11(17-7-14(15)16)9-18(8-10)12-3-4-12/h10-14,17,19H,2-9H2,1H3. The maximum absolute atomic E-state index is 12.3. The van der Waals surface area contributed by atoms with E-state index in [-0.39, 0.29) is 18.7 Å². The van der Waals surface area contributed by atoms with Crippen LogP contribution in [0.1, 0.15) is 39.0 Å². The molecule has 0 bridgehead atoms. The normalized spacial score (nSPS) is 30.8. The average molecular weight is 276 g/mol. The Bertz CT molecular complexity index is 274. The highest BCUT2D eigenvalue weighted by atomic mass is 19.3. The van der Waals surface area contributed by atoms with Crippen LogP contribution in [0.3, 0.4) is 0 Å². The Morgan fingerprint density at radius 2 is 2.05 bits per heavy atom. The van der Waals surface area contributed by atoms with Gasteiger partial charge in [0.15, 0.2) is 0 Å². The first-order valence-corrected chi connectivity index (χ1v) is 7.52. The van der Waals surface area contributed by atoms with Gasteiger partial charge in [-0.25, -0.2) is 8.78 Å². The number of alkyl halides is 2. The Kier molecular flexibility index (Phi) is 5.54. The van der Waals surface area contributed by atoms with Gasteiger partial charge in [-0.1, -0.05) is 6.92 Å². The van der Waals surface area contributed by atoms with Crippen molar-refractivity contribution in [3.05, 3.63) is 0 Å². The van der Waals surface area contributed by atoms with E-state index in [1.54, 1.807) is 0 Å². The van der Waals surface area contributed by atoms with Gasteiger partial charge in [-0.2, -0.15) is 0 Å². The Labute approximate surface area is 114 Å². The fourth-order valence-corrected chi connectivity index (χ4v) is 3.10. The molecule has 2 fully saturated rings. The largest absolute Gasteiger partial charge is 0.393 e. The lowest BCUT2D eigenvalue weighted by Gasteiger charge is -2.39. The van der Waals surface area contributed by atoms with E-state index in [4.69, 9.17) is 0 Å². The zero-order valence-corrected chi connectivity index (χ0v) is 11.7. The Balaban J connectivity index is 1.84. The van der Waals surface area contributed by atoms with Gasteiger partial charge >= 0.3 is 0 Å². The molecule has 0 aromatic rings. The van der Waals surface area contributed by atoms with Gasteiger partial charge in [0.05, 0.1) is 12.6 Å². The molecule has 0 radical (unpaired) electrons. The van der Waals surface area contributed by atoms with Gasteiger partial charge in [0, 0.05) is 25.2 Å². The van der Waals surface area contributed by atoms with Gasteiger partial charge in [-0.05, 0) is 38.0 Å². The topological polar surface area (TPSA) is 35.5 Å². The summed E-state index contributed by atoms with van der Waals surface area (Å²) in [6.07, 6.45) is 2.43. The minimum atomic E-state index is -2.28. The number of aliphatic hydroxyl groups excluding tert-OH is 1.